The van der Waals surface area contributed by atoms with Gasteiger partial charge in [0.25, 0.3) is 0 Å². The number of nitrogen functional groups attached to an aromatic ring is 1. The molecule has 20 heavy (non-hydrogen) atoms. The highest BCUT2D eigenvalue weighted by molar-refractivity contribution is 5.47. The van der Waals surface area contributed by atoms with Crippen LogP contribution in [-0.2, 0) is 12.8 Å². The van der Waals surface area contributed by atoms with E-state index in [1.54, 1.807) is 0 Å². The molecular formula is C14H15N5O. The van der Waals surface area contributed by atoms with Crippen LogP contribution in [0.5, 0.6) is 0 Å². The Kier molecular flexibility index (Phi) is 2.98. The summed E-state index contributed by atoms with van der Waals surface area (Å²) in [6, 6.07) is 10.1. The van der Waals surface area contributed by atoms with Crippen LogP contribution >= 0.6 is 0 Å². The first-order chi connectivity index (χ1) is 9.65. The third-order valence-corrected chi connectivity index (χ3v) is 3.23. The van der Waals surface area contributed by atoms with Crippen LogP contribution in [0.3, 0.4) is 0 Å². The number of hydrogen-bond acceptors (Lipinski definition) is 4. The summed E-state index contributed by atoms with van der Waals surface area (Å²) in [7, 11) is 0. The lowest BCUT2D eigenvalue weighted by molar-refractivity contribution is 0.816. The van der Waals surface area contributed by atoms with E-state index in [9.17, 15) is 4.79 Å². The van der Waals surface area contributed by atoms with E-state index < -0.39 is 0 Å². The second-order valence-corrected chi connectivity index (χ2v) is 4.69. The van der Waals surface area contributed by atoms with Crippen LogP contribution in [-0.4, -0.2) is 19.4 Å². The summed E-state index contributed by atoms with van der Waals surface area (Å²) < 4.78 is 1.49. The molecule has 0 amide bonds. The van der Waals surface area contributed by atoms with Gasteiger partial charge in [-0.1, -0.05) is 30.3 Å². The molecule has 0 saturated heterocycles. The van der Waals surface area contributed by atoms with Crippen LogP contribution in [0.1, 0.15) is 17.1 Å². The highest BCUT2D eigenvalue weighted by Crippen LogP contribution is 2.11. The Hall–Kier alpha value is -2.63. The third-order valence-electron chi connectivity index (χ3n) is 3.23. The van der Waals surface area contributed by atoms with Gasteiger partial charge >= 0.3 is 5.69 Å². The molecule has 0 saturated carbocycles. The minimum Gasteiger partial charge on any atom is -0.369 e. The zero-order valence-corrected chi connectivity index (χ0v) is 11.1. The van der Waals surface area contributed by atoms with Gasteiger partial charge in [0.05, 0.1) is 5.69 Å². The van der Waals surface area contributed by atoms with Gasteiger partial charge in [-0.25, -0.2) is 14.2 Å². The van der Waals surface area contributed by atoms with Crippen LogP contribution in [0.4, 0.5) is 5.95 Å². The quantitative estimate of drug-likeness (QED) is 0.745. The highest BCUT2D eigenvalue weighted by Gasteiger charge is 2.12. The SMILES string of the molecule is Cc1nc(CCc2ccccc2)n2c(=O)[nH]c(N)nc12. The van der Waals surface area contributed by atoms with E-state index >= 15 is 0 Å². The standard InChI is InChI=1S/C14H15N5O/c1-9-12-17-13(15)18-14(20)19(12)11(16-9)8-7-10-5-3-2-4-6-10/h2-6H,7-8H2,1H3,(H3,15,17,18,20). The van der Waals surface area contributed by atoms with Crippen LogP contribution < -0.4 is 11.4 Å². The molecule has 2 aromatic heterocycles. The zero-order valence-electron chi connectivity index (χ0n) is 11.1. The molecule has 1 aromatic carbocycles. The van der Waals surface area contributed by atoms with Crippen LogP contribution in [0.15, 0.2) is 35.1 Å². The maximum Gasteiger partial charge on any atom is 0.335 e. The van der Waals surface area contributed by atoms with Crippen molar-refractivity contribution in [1.82, 2.24) is 19.4 Å². The second-order valence-electron chi connectivity index (χ2n) is 4.69. The number of H-pyrrole nitrogens is 1. The molecule has 0 bridgehead atoms. The Morgan fingerprint density at radius 3 is 2.70 bits per heavy atom. The number of benzene rings is 1. The summed E-state index contributed by atoms with van der Waals surface area (Å²) in [4.78, 5) is 23.1. The summed E-state index contributed by atoms with van der Waals surface area (Å²) in [6.07, 6.45) is 1.50. The van der Waals surface area contributed by atoms with E-state index in [4.69, 9.17) is 5.73 Å². The van der Waals surface area contributed by atoms with Crippen molar-refractivity contribution in [3.8, 4) is 0 Å². The fourth-order valence-corrected chi connectivity index (χ4v) is 2.30. The predicted molar refractivity (Wildman–Crippen MR) is 76.6 cm³/mol. The Morgan fingerprint density at radius 1 is 1.20 bits per heavy atom. The molecule has 3 N–H and O–H groups in total. The van der Waals surface area contributed by atoms with Gasteiger partial charge in [-0.3, -0.25) is 4.98 Å². The molecule has 0 spiro atoms. The lowest BCUT2D eigenvalue weighted by Gasteiger charge is -2.01. The van der Waals surface area contributed by atoms with E-state index in [1.165, 1.54) is 9.96 Å². The van der Waals surface area contributed by atoms with E-state index in [-0.39, 0.29) is 11.6 Å². The molecule has 0 atom stereocenters. The van der Waals surface area contributed by atoms with Gasteiger partial charge in [-0.2, -0.15) is 4.98 Å². The fraction of sp³-hybridized carbons (Fsp3) is 0.214. The molecule has 0 radical (unpaired) electrons. The molecule has 0 aliphatic rings. The van der Waals surface area contributed by atoms with Crippen LogP contribution in [0.2, 0.25) is 0 Å². The number of hydrogen-bond donors (Lipinski definition) is 2. The highest BCUT2D eigenvalue weighted by atomic mass is 16.1. The van der Waals surface area contributed by atoms with Gasteiger partial charge in [0.15, 0.2) is 5.65 Å². The van der Waals surface area contributed by atoms with Gasteiger partial charge in [0.1, 0.15) is 5.82 Å². The van der Waals surface area contributed by atoms with Gasteiger partial charge in [0, 0.05) is 6.42 Å². The molecule has 3 aromatic rings. The van der Waals surface area contributed by atoms with E-state index in [2.05, 4.69) is 27.1 Å². The molecule has 0 aliphatic carbocycles. The maximum atomic E-state index is 12.0. The van der Waals surface area contributed by atoms with Crippen molar-refractivity contribution in [3.05, 3.63) is 57.9 Å². The molecule has 6 nitrogen and oxygen atoms in total. The number of nitrogens with zero attached hydrogens (tertiary/aromatic N) is 3. The average Bonchev–Trinajstić information content (AvgIpc) is 2.75. The molecule has 102 valence electrons. The Bertz CT molecular complexity index is 804. The molecule has 0 fully saturated rings. The van der Waals surface area contributed by atoms with Crippen molar-refractivity contribution >= 4 is 11.6 Å². The number of aromatic amines is 1. The Balaban J connectivity index is 1.98. The number of rotatable bonds is 3. The molecule has 6 heteroatoms. The number of nitrogens with one attached hydrogen (secondary N) is 1. The van der Waals surface area contributed by atoms with Crippen molar-refractivity contribution in [3.63, 3.8) is 0 Å². The molecule has 0 aliphatic heterocycles. The number of anilines is 1. The first-order valence-electron chi connectivity index (χ1n) is 6.43. The monoisotopic (exact) mass is 269 g/mol. The van der Waals surface area contributed by atoms with Gasteiger partial charge in [-0.05, 0) is 18.9 Å². The minimum atomic E-state index is -0.295. The van der Waals surface area contributed by atoms with Crippen LogP contribution in [0, 0.1) is 6.92 Å². The first kappa shape index (κ1) is 12.4. The van der Waals surface area contributed by atoms with Gasteiger partial charge in [-0.15, -0.1) is 0 Å². The lowest BCUT2D eigenvalue weighted by atomic mass is 10.1. The number of aromatic nitrogens is 4. The summed E-state index contributed by atoms with van der Waals surface area (Å²) in [5.74, 6) is 0.815. The van der Waals surface area contributed by atoms with Crippen molar-refractivity contribution in [1.29, 1.82) is 0 Å². The van der Waals surface area contributed by atoms with Crippen molar-refractivity contribution in [2.24, 2.45) is 0 Å². The van der Waals surface area contributed by atoms with Crippen LogP contribution in [0.25, 0.3) is 5.65 Å². The zero-order chi connectivity index (χ0) is 14.1. The Labute approximate surface area is 115 Å². The Morgan fingerprint density at radius 2 is 1.95 bits per heavy atom. The third kappa shape index (κ3) is 2.16. The smallest absolute Gasteiger partial charge is 0.335 e. The van der Waals surface area contributed by atoms with E-state index in [1.807, 2.05) is 25.1 Å². The number of aryl methyl sites for hydroxylation is 3. The predicted octanol–water partition coefficient (Wildman–Crippen LogP) is 1.09. The summed E-state index contributed by atoms with van der Waals surface area (Å²) in [6.45, 7) is 1.83. The van der Waals surface area contributed by atoms with Gasteiger partial charge < -0.3 is 5.73 Å². The molecule has 3 rings (SSSR count). The molecular weight excluding hydrogens is 254 g/mol. The number of nitrogens with two attached hydrogens (primary N) is 1. The fourth-order valence-electron chi connectivity index (χ4n) is 2.30. The summed E-state index contributed by atoms with van der Waals surface area (Å²) in [5, 5.41) is 0. The summed E-state index contributed by atoms with van der Waals surface area (Å²) >= 11 is 0. The van der Waals surface area contributed by atoms with Crippen molar-refractivity contribution in [2.45, 2.75) is 19.8 Å². The van der Waals surface area contributed by atoms with E-state index in [0.29, 0.717) is 23.6 Å². The maximum absolute atomic E-state index is 12.0. The lowest BCUT2D eigenvalue weighted by Crippen LogP contribution is -2.21. The topological polar surface area (TPSA) is 89.1 Å². The molecule has 2 heterocycles. The second kappa shape index (κ2) is 4.80. The first-order valence-corrected chi connectivity index (χ1v) is 6.43. The number of imidazole rings is 1. The number of fused-ring (bicyclic) bond motifs is 1. The largest absolute Gasteiger partial charge is 0.369 e. The van der Waals surface area contributed by atoms with Crippen molar-refractivity contribution < 1.29 is 0 Å². The van der Waals surface area contributed by atoms with Gasteiger partial charge in [0.2, 0.25) is 5.95 Å². The molecule has 0 unspecified atom stereocenters. The van der Waals surface area contributed by atoms with E-state index in [0.717, 1.165) is 6.42 Å². The normalized spacial score (nSPS) is 11.1. The summed E-state index contributed by atoms with van der Waals surface area (Å²) in [5.41, 5.74) is 7.71. The minimum absolute atomic E-state index is 0.111. The van der Waals surface area contributed by atoms with Crippen molar-refractivity contribution in [2.75, 3.05) is 5.73 Å². The average molecular weight is 269 g/mol.